The highest BCUT2D eigenvalue weighted by atomic mass is 32.2. The molecule has 1 aromatic carbocycles. The van der Waals surface area contributed by atoms with Crippen molar-refractivity contribution in [2.24, 2.45) is 0 Å². The van der Waals surface area contributed by atoms with E-state index in [0.29, 0.717) is 5.56 Å². The van der Waals surface area contributed by atoms with Crippen LogP contribution in [0.3, 0.4) is 0 Å². The van der Waals surface area contributed by atoms with Crippen LogP contribution in [-0.2, 0) is 16.6 Å². The molecule has 0 spiro atoms. The molecule has 19 heavy (non-hydrogen) atoms. The first-order valence-electron chi connectivity index (χ1n) is 6.61. The summed E-state index contributed by atoms with van der Waals surface area (Å²) in [6.45, 7) is 3.67. The first kappa shape index (κ1) is 14.5. The van der Waals surface area contributed by atoms with Gasteiger partial charge < -0.3 is 5.11 Å². The van der Waals surface area contributed by atoms with Crippen LogP contribution >= 0.6 is 0 Å². The molecular formula is C14H21NO3S. The van der Waals surface area contributed by atoms with Crippen LogP contribution in [0.4, 0.5) is 0 Å². The minimum absolute atomic E-state index is 0.146. The van der Waals surface area contributed by atoms with Crippen molar-refractivity contribution in [3.63, 3.8) is 0 Å². The van der Waals surface area contributed by atoms with E-state index in [1.54, 1.807) is 18.2 Å². The molecule has 106 valence electrons. The Morgan fingerprint density at radius 3 is 2.53 bits per heavy atom. The van der Waals surface area contributed by atoms with Crippen molar-refractivity contribution in [1.29, 1.82) is 0 Å². The smallest absolute Gasteiger partial charge is 0.241 e. The van der Waals surface area contributed by atoms with Gasteiger partial charge in [-0.2, -0.15) is 0 Å². The number of aryl methyl sites for hydroxylation is 1. The molecule has 0 atom stereocenters. The quantitative estimate of drug-likeness (QED) is 0.889. The van der Waals surface area contributed by atoms with Crippen LogP contribution in [0.5, 0.6) is 0 Å². The van der Waals surface area contributed by atoms with E-state index in [1.165, 1.54) is 0 Å². The fraction of sp³-hybridized carbons (Fsp3) is 0.571. The number of hydrogen-bond acceptors (Lipinski definition) is 3. The van der Waals surface area contributed by atoms with E-state index in [0.717, 1.165) is 31.2 Å². The average Bonchev–Trinajstić information content (AvgIpc) is 2.75. The number of nitrogens with one attached hydrogen (secondary N) is 1. The molecule has 0 aromatic heterocycles. The van der Waals surface area contributed by atoms with Crippen molar-refractivity contribution in [2.75, 3.05) is 0 Å². The molecule has 2 N–H and O–H groups in total. The maximum atomic E-state index is 12.4. The lowest BCUT2D eigenvalue weighted by Crippen LogP contribution is -2.43. The number of aliphatic hydroxyl groups excluding tert-OH is 1. The Bertz CT molecular complexity index is 560. The van der Waals surface area contributed by atoms with Crippen LogP contribution in [0.2, 0.25) is 0 Å². The minimum atomic E-state index is -3.51. The van der Waals surface area contributed by atoms with Gasteiger partial charge in [0, 0.05) is 5.54 Å². The van der Waals surface area contributed by atoms with Gasteiger partial charge in [0.1, 0.15) is 0 Å². The Labute approximate surface area is 114 Å². The Kier molecular flexibility index (Phi) is 3.99. The van der Waals surface area contributed by atoms with Gasteiger partial charge in [-0.3, -0.25) is 0 Å². The van der Waals surface area contributed by atoms with Crippen LogP contribution in [0.25, 0.3) is 0 Å². The Morgan fingerprint density at radius 1 is 1.32 bits per heavy atom. The topological polar surface area (TPSA) is 66.4 Å². The highest BCUT2D eigenvalue weighted by molar-refractivity contribution is 7.89. The third-order valence-electron chi connectivity index (χ3n) is 3.89. The van der Waals surface area contributed by atoms with E-state index in [1.807, 2.05) is 13.8 Å². The van der Waals surface area contributed by atoms with Gasteiger partial charge in [-0.15, -0.1) is 0 Å². The highest BCUT2D eigenvalue weighted by Crippen LogP contribution is 2.30. The van der Waals surface area contributed by atoms with Crippen molar-refractivity contribution in [2.45, 2.75) is 56.6 Å². The van der Waals surface area contributed by atoms with Crippen molar-refractivity contribution >= 4 is 10.0 Å². The summed E-state index contributed by atoms with van der Waals surface area (Å²) in [5.41, 5.74) is 1.22. The molecule has 5 heteroatoms. The van der Waals surface area contributed by atoms with Gasteiger partial charge in [0.05, 0.1) is 11.5 Å². The van der Waals surface area contributed by atoms with Crippen LogP contribution in [0.15, 0.2) is 23.1 Å². The summed E-state index contributed by atoms with van der Waals surface area (Å²) in [7, 11) is -3.51. The molecule has 1 aromatic rings. The normalized spacial score (nSPS) is 18.7. The van der Waals surface area contributed by atoms with E-state index in [-0.39, 0.29) is 17.0 Å². The standard InChI is InChI=1S/C14H21NO3S/c1-11-5-6-13(9-12(11)10-16)19(17,18)15-14(2)7-3-4-8-14/h5-6,9,15-16H,3-4,7-8,10H2,1-2H3. The lowest BCUT2D eigenvalue weighted by Gasteiger charge is -2.25. The molecule has 0 aliphatic heterocycles. The van der Waals surface area contributed by atoms with Crippen LogP contribution in [-0.4, -0.2) is 19.1 Å². The minimum Gasteiger partial charge on any atom is -0.392 e. The molecule has 1 aliphatic carbocycles. The SMILES string of the molecule is Cc1ccc(S(=O)(=O)NC2(C)CCCC2)cc1CO. The maximum absolute atomic E-state index is 12.4. The van der Waals surface area contributed by atoms with E-state index < -0.39 is 10.0 Å². The van der Waals surface area contributed by atoms with Crippen LogP contribution in [0.1, 0.15) is 43.7 Å². The summed E-state index contributed by atoms with van der Waals surface area (Å²) in [5, 5.41) is 9.23. The van der Waals surface area contributed by atoms with Gasteiger partial charge in [-0.05, 0) is 49.9 Å². The third kappa shape index (κ3) is 3.16. The number of benzene rings is 1. The second-order valence-electron chi connectivity index (χ2n) is 5.62. The van der Waals surface area contributed by atoms with Gasteiger partial charge in [0.15, 0.2) is 0 Å². The van der Waals surface area contributed by atoms with Gasteiger partial charge in [0.25, 0.3) is 0 Å². The van der Waals surface area contributed by atoms with Gasteiger partial charge in [-0.25, -0.2) is 13.1 Å². The second-order valence-corrected chi connectivity index (χ2v) is 7.30. The second kappa shape index (κ2) is 5.23. The summed E-state index contributed by atoms with van der Waals surface area (Å²) in [5.74, 6) is 0. The number of aliphatic hydroxyl groups is 1. The molecule has 0 heterocycles. The van der Waals surface area contributed by atoms with Crippen molar-refractivity contribution < 1.29 is 13.5 Å². The first-order chi connectivity index (χ1) is 8.86. The molecule has 1 fully saturated rings. The van der Waals surface area contributed by atoms with Crippen LogP contribution in [0, 0.1) is 6.92 Å². The number of rotatable bonds is 4. The molecule has 1 aliphatic rings. The van der Waals surface area contributed by atoms with E-state index in [9.17, 15) is 13.5 Å². The zero-order valence-corrected chi connectivity index (χ0v) is 12.3. The summed E-state index contributed by atoms with van der Waals surface area (Å²) in [6.07, 6.45) is 3.89. The Morgan fingerprint density at radius 2 is 1.95 bits per heavy atom. The molecule has 0 amide bonds. The predicted molar refractivity (Wildman–Crippen MR) is 74.3 cm³/mol. The third-order valence-corrected chi connectivity index (χ3v) is 5.53. The Hall–Kier alpha value is -0.910. The Balaban J connectivity index is 2.29. The predicted octanol–water partition coefficient (Wildman–Crippen LogP) is 2.10. The van der Waals surface area contributed by atoms with Crippen molar-refractivity contribution in [1.82, 2.24) is 4.72 Å². The zero-order valence-electron chi connectivity index (χ0n) is 11.4. The number of hydrogen-bond donors (Lipinski definition) is 2. The molecule has 0 radical (unpaired) electrons. The highest BCUT2D eigenvalue weighted by Gasteiger charge is 2.33. The first-order valence-corrected chi connectivity index (χ1v) is 8.09. The van der Waals surface area contributed by atoms with E-state index in [4.69, 9.17) is 0 Å². The summed E-state index contributed by atoms with van der Waals surface area (Å²) in [6, 6.07) is 4.88. The molecule has 2 rings (SSSR count). The molecule has 1 saturated carbocycles. The zero-order chi connectivity index (χ0) is 14.1. The molecule has 0 bridgehead atoms. The molecule has 4 nitrogen and oxygen atoms in total. The molecule has 0 saturated heterocycles. The fourth-order valence-electron chi connectivity index (χ4n) is 2.63. The average molecular weight is 283 g/mol. The van der Waals surface area contributed by atoms with Gasteiger partial charge in [0.2, 0.25) is 10.0 Å². The van der Waals surface area contributed by atoms with Crippen LogP contribution < -0.4 is 4.72 Å². The lowest BCUT2D eigenvalue weighted by atomic mass is 10.0. The summed E-state index contributed by atoms with van der Waals surface area (Å²) < 4.78 is 27.6. The van der Waals surface area contributed by atoms with E-state index >= 15 is 0 Å². The maximum Gasteiger partial charge on any atom is 0.241 e. The van der Waals surface area contributed by atoms with Gasteiger partial charge in [-0.1, -0.05) is 18.9 Å². The molecule has 0 unspecified atom stereocenters. The monoisotopic (exact) mass is 283 g/mol. The summed E-state index contributed by atoms with van der Waals surface area (Å²) >= 11 is 0. The summed E-state index contributed by atoms with van der Waals surface area (Å²) in [4.78, 5) is 0.232. The fourth-order valence-corrected chi connectivity index (χ4v) is 4.14. The van der Waals surface area contributed by atoms with Crippen molar-refractivity contribution in [3.8, 4) is 0 Å². The largest absolute Gasteiger partial charge is 0.392 e. The van der Waals surface area contributed by atoms with E-state index in [2.05, 4.69) is 4.72 Å². The molecular weight excluding hydrogens is 262 g/mol. The number of sulfonamides is 1. The lowest BCUT2D eigenvalue weighted by molar-refractivity contribution is 0.280. The van der Waals surface area contributed by atoms with Crippen molar-refractivity contribution in [3.05, 3.63) is 29.3 Å². The van der Waals surface area contributed by atoms with Gasteiger partial charge >= 0.3 is 0 Å².